The number of carbonyl (C=O) groups is 1. The number of nitrogens with zero attached hydrogens (tertiary/aromatic N) is 1. The van der Waals surface area contributed by atoms with Crippen LogP contribution >= 0.6 is 0 Å². The molecular formula is C10H21N3O4S. The molecule has 2 N–H and O–H groups in total. The van der Waals surface area contributed by atoms with Crippen molar-refractivity contribution in [2.75, 3.05) is 27.2 Å². The number of hydrogen-bond acceptors (Lipinski definition) is 5. The normalized spacial score (nSPS) is 25.7. The molecule has 0 radical (unpaired) electrons. The molecule has 0 saturated carbocycles. The molecule has 0 spiro atoms. The fourth-order valence-electron chi connectivity index (χ4n) is 2.22. The summed E-state index contributed by atoms with van der Waals surface area (Å²) in [5.41, 5.74) is 0. The fraction of sp³-hybridized carbons (Fsp3) is 0.900. The highest BCUT2D eigenvalue weighted by molar-refractivity contribution is 7.87. The highest BCUT2D eigenvalue weighted by Crippen LogP contribution is 2.21. The summed E-state index contributed by atoms with van der Waals surface area (Å²) in [5.74, 6) is 0.248. The van der Waals surface area contributed by atoms with Gasteiger partial charge >= 0.3 is 16.3 Å². The van der Waals surface area contributed by atoms with Crippen molar-refractivity contribution in [3.63, 3.8) is 0 Å². The largest absolute Gasteiger partial charge is 0.452 e. The van der Waals surface area contributed by atoms with Gasteiger partial charge in [0.2, 0.25) is 0 Å². The molecule has 0 aromatic carbocycles. The Labute approximate surface area is 108 Å². The maximum atomic E-state index is 11.9. The van der Waals surface area contributed by atoms with E-state index >= 15 is 0 Å². The van der Waals surface area contributed by atoms with E-state index in [2.05, 4.69) is 10.1 Å². The monoisotopic (exact) mass is 279 g/mol. The second-order valence-corrected chi connectivity index (χ2v) is 5.98. The van der Waals surface area contributed by atoms with Crippen LogP contribution in [0.5, 0.6) is 0 Å². The minimum absolute atomic E-state index is 0.248. The first-order valence-electron chi connectivity index (χ1n) is 5.97. The van der Waals surface area contributed by atoms with Crippen LogP contribution in [0.25, 0.3) is 0 Å². The summed E-state index contributed by atoms with van der Waals surface area (Å²) in [6.45, 7) is 2.83. The summed E-state index contributed by atoms with van der Waals surface area (Å²) in [5, 5.41) is 3.20. The van der Waals surface area contributed by atoms with Crippen LogP contribution in [0.2, 0.25) is 0 Å². The van der Waals surface area contributed by atoms with Gasteiger partial charge in [-0.2, -0.15) is 12.7 Å². The van der Waals surface area contributed by atoms with E-state index in [-0.39, 0.29) is 5.92 Å². The van der Waals surface area contributed by atoms with Gasteiger partial charge in [0.25, 0.3) is 0 Å². The molecule has 18 heavy (non-hydrogen) atoms. The van der Waals surface area contributed by atoms with Gasteiger partial charge in [-0.15, -0.1) is 0 Å². The minimum atomic E-state index is -3.79. The molecule has 1 amide bonds. The molecule has 1 aliphatic heterocycles. The first-order valence-corrected chi connectivity index (χ1v) is 7.41. The van der Waals surface area contributed by atoms with Gasteiger partial charge in [-0.1, -0.05) is 13.3 Å². The number of nitrogens with one attached hydrogen (secondary N) is 2. The van der Waals surface area contributed by atoms with Gasteiger partial charge in [-0.05, 0) is 19.4 Å². The highest BCUT2D eigenvalue weighted by Gasteiger charge is 2.34. The summed E-state index contributed by atoms with van der Waals surface area (Å²) in [4.78, 5) is 11.0. The molecule has 0 aromatic heterocycles. The Kier molecular flexibility index (Phi) is 5.36. The molecule has 1 saturated heterocycles. The van der Waals surface area contributed by atoms with Crippen molar-refractivity contribution in [3.8, 4) is 0 Å². The lowest BCUT2D eigenvalue weighted by Crippen LogP contribution is -2.53. The van der Waals surface area contributed by atoms with Crippen LogP contribution in [0.1, 0.15) is 19.8 Å². The quantitative estimate of drug-likeness (QED) is 0.751. The molecule has 0 aromatic rings. The van der Waals surface area contributed by atoms with Gasteiger partial charge in [0.05, 0.1) is 7.11 Å². The van der Waals surface area contributed by atoms with Crippen LogP contribution in [0, 0.1) is 5.92 Å². The van der Waals surface area contributed by atoms with Crippen molar-refractivity contribution >= 4 is 16.3 Å². The van der Waals surface area contributed by atoms with Crippen LogP contribution in [-0.4, -0.2) is 52.1 Å². The summed E-state index contributed by atoms with van der Waals surface area (Å²) in [6.07, 6.45) is 0.658. The van der Waals surface area contributed by atoms with Crippen molar-refractivity contribution in [3.05, 3.63) is 0 Å². The Morgan fingerprint density at radius 1 is 1.50 bits per heavy atom. The predicted molar refractivity (Wildman–Crippen MR) is 67.3 cm³/mol. The first kappa shape index (κ1) is 15.2. The average Bonchev–Trinajstić information content (AvgIpc) is 2.37. The third kappa shape index (κ3) is 3.56. The Morgan fingerprint density at radius 3 is 2.67 bits per heavy atom. The molecule has 106 valence electrons. The van der Waals surface area contributed by atoms with Gasteiger partial charge < -0.3 is 10.1 Å². The third-order valence-electron chi connectivity index (χ3n) is 3.33. The van der Waals surface area contributed by atoms with E-state index in [1.807, 2.05) is 18.7 Å². The SMILES string of the molecule is CCC1CN(S(=O)(=O)NC(=O)OC)CCC1NC. The lowest BCUT2D eigenvalue weighted by atomic mass is 9.91. The molecule has 1 aliphatic rings. The summed E-state index contributed by atoms with van der Waals surface area (Å²) in [6, 6.07) is 0.319. The van der Waals surface area contributed by atoms with E-state index in [4.69, 9.17) is 0 Å². The third-order valence-corrected chi connectivity index (χ3v) is 4.77. The Morgan fingerprint density at radius 2 is 2.17 bits per heavy atom. The minimum Gasteiger partial charge on any atom is -0.452 e. The van der Waals surface area contributed by atoms with Gasteiger partial charge in [0.15, 0.2) is 0 Å². The zero-order valence-electron chi connectivity index (χ0n) is 11.0. The topological polar surface area (TPSA) is 87.7 Å². The number of ether oxygens (including phenoxy) is 1. The van der Waals surface area contributed by atoms with Gasteiger partial charge in [-0.25, -0.2) is 9.52 Å². The maximum Gasteiger partial charge on any atom is 0.421 e. The smallest absolute Gasteiger partial charge is 0.421 e. The molecule has 2 unspecified atom stereocenters. The summed E-state index contributed by atoms with van der Waals surface area (Å²) in [7, 11) is -0.777. The average molecular weight is 279 g/mol. The second-order valence-electron chi connectivity index (χ2n) is 4.31. The molecule has 0 bridgehead atoms. The van der Waals surface area contributed by atoms with Crippen LogP contribution in [-0.2, 0) is 14.9 Å². The van der Waals surface area contributed by atoms with Crippen molar-refractivity contribution in [2.45, 2.75) is 25.8 Å². The lowest BCUT2D eigenvalue weighted by Gasteiger charge is -2.37. The Balaban J connectivity index is 2.71. The second kappa shape index (κ2) is 6.35. The van der Waals surface area contributed by atoms with Gasteiger partial charge in [0.1, 0.15) is 0 Å². The van der Waals surface area contributed by atoms with E-state index in [0.717, 1.165) is 20.0 Å². The molecule has 1 fully saturated rings. The lowest BCUT2D eigenvalue weighted by molar-refractivity contribution is 0.174. The number of carbonyl (C=O) groups excluding carboxylic acids is 1. The number of rotatable bonds is 4. The van der Waals surface area contributed by atoms with Crippen LogP contribution in [0.3, 0.4) is 0 Å². The molecular weight excluding hydrogens is 258 g/mol. The summed E-state index contributed by atoms with van der Waals surface area (Å²) < 4.78 is 31.3. The van der Waals surface area contributed by atoms with Gasteiger partial charge in [0, 0.05) is 19.1 Å². The van der Waals surface area contributed by atoms with Crippen molar-refractivity contribution in [1.29, 1.82) is 0 Å². The molecule has 1 rings (SSSR count). The van der Waals surface area contributed by atoms with Gasteiger partial charge in [-0.3, -0.25) is 0 Å². The molecule has 1 heterocycles. The summed E-state index contributed by atoms with van der Waals surface area (Å²) >= 11 is 0. The standard InChI is InChI=1S/C10H21N3O4S/c1-4-8-7-13(6-5-9(8)11-2)18(15,16)12-10(14)17-3/h8-9,11H,4-7H2,1-3H3,(H,12,14). The molecule has 7 nitrogen and oxygen atoms in total. The highest BCUT2D eigenvalue weighted by atomic mass is 32.2. The molecule has 0 aliphatic carbocycles. The van der Waals surface area contributed by atoms with E-state index < -0.39 is 16.3 Å². The van der Waals surface area contributed by atoms with E-state index in [0.29, 0.717) is 19.1 Å². The number of amides is 1. The number of piperidine rings is 1. The zero-order valence-corrected chi connectivity index (χ0v) is 11.8. The Bertz CT molecular complexity index is 385. The van der Waals surface area contributed by atoms with E-state index in [1.54, 1.807) is 0 Å². The van der Waals surface area contributed by atoms with Crippen molar-refractivity contribution in [2.24, 2.45) is 5.92 Å². The first-order chi connectivity index (χ1) is 8.44. The van der Waals surface area contributed by atoms with Crippen molar-refractivity contribution < 1.29 is 17.9 Å². The Hall–Kier alpha value is -0.860. The number of hydrogen-bond donors (Lipinski definition) is 2. The van der Waals surface area contributed by atoms with E-state index in [9.17, 15) is 13.2 Å². The van der Waals surface area contributed by atoms with E-state index in [1.165, 1.54) is 4.31 Å². The molecule has 2 atom stereocenters. The number of methoxy groups -OCH3 is 1. The van der Waals surface area contributed by atoms with Crippen LogP contribution in [0.15, 0.2) is 0 Å². The molecule has 8 heteroatoms. The van der Waals surface area contributed by atoms with Crippen LogP contribution < -0.4 is 10.0 Å². The zero-order chi connectivity index (χ0) is 13.8. The van der Waals surface area contributed by atoms with Crippen molar-refractivity contribution in [1.82, 2.24) is 14.3 Å². The predicted octanol–water partition coefficient (Wildman–Crippen LogP) is -0.0929. The fourth-order valence-corrected chi connectivity index (χ4v) is 3.38. The maximum absolute atomic E-state index is 11.9. The van der Waals surface area contributed by atoms with Crippen LogP contribution in [0.4, 0.5) is 4.79 Å².